The second kappa shape index (κ2) is 5.87. The molecule has 0 radical (unpaired) electrons. The van der Waals surface area contributed by atoms with Gasteiger partial charge in [-0.1, -0.05) is 12.8 Å². The van der Waals surface area contributed by atoms with Crippen LogP contribution in [0.15, 0.2) is 18.5 Å². The summed E-state index contributed by atoms with van der Waals surface area (Å²) in [5, 5.41) is 3.54. The number of imidazole rings is 1. The third kappa shape index (κ3) is 2.82. The monoisotopic (exact) mass is 279 g/mol. The van der Waals surface area contributed by atoms with Gasteiger partial charge < -0.3 is 9.88 Å². The zero-order chi connectivity index (χ0) is 13.9. The molecule has 1 fully saturated rings. The number of aromatic nitrogens is 2. The van der Waals surface area contributed by atoms with Gasteiger partial charge in [-0.2, -0.15) is 0 Å². The Morgan fingerprint density at radius 1 is 1.20 bits per heavy atom. The Bertz CT molecular complexity index is 588. The van der Waals surface area contributed by atoms with E-state index in [4.69, 9.17) is 0 Å². The number of fused-ring (bicyclic) bond motifs is 1. The number of halogens is 2. The van der Waals surface area contributed by atoms with Gasteiger partial charge in [0.2, 0.25) is 0 Å². The highest BCUT2D eigenvalue weighted by Crippen LogP contribution is 2.19. The van der Waals surface area contributed by atoms with Crippen molar-refractivity contribution in [1.29, 1.82) is 0 Å². The van der Waals surface area contributed by atoms with Crippen LogP contribution in [-0.4, -0.2) is 22.1 Å². The Kier molecular flexibility index (Phi) is 3.96. The second-order valence-corrected chi connectivity index (χ2v) is 5.48. The smallest absolute Gasteiger partial charge is 0.161 e. The molecule has 1 aromatic carbocycles. The molecule has 1 aliphatic carbocycles. The minimum absolute atomic E-state index is 0.507. The molecule has 0 aliphatic heterocycles. The van der Waals surface area contributed by atoms with Crippen LogP contribution in [0.1, 0.15) is 32.1 Å². The summed E-state index contributed by atoms with van der Waals surface area (Å²) in [5.74, 6) is -1.66. The molecular weight excluding hydrogens is 260 g/mol. The van der Waals surface area contributed by atoms with E-state index < -0.39 is 11.6 Å². The van der Waals surface area contributed by atoms with Gasteiger partial charge in [-0.25, -0.2) is 13.8 Å². The molecule has 0 atom stereocenters. The van der Waals surface area contributed by atoms with Crippen molar-refractivity contribution in [3.63, 3.8) is 0 Å². The van der Waals surface area contributed by atoms with Gasteiger partial charge in [0.25, 0.3) is 0 Å². The average Bonchev–Trinajstić information content (AvgIpc) is 3.06. The minimum Gasteiger partial charge on any atom is -0.330 e. The van der Waals surface area contributed by atoms with Gasteiger partial charge in [0.1, 0.15) is 0 Å². The zero-order valence-corrected chi connectivity index (χ0v) is 11.4. The summed E-state index contributed by atoms with van der Waals surface area (Å²) in [5.41, 5.74) is 1.16. The number of nitrogens with one attached hydrogen (secondary N) is 1. The number of aryl methyl sites for hydroxylation is 1. The van der Waals surface area contributed by atoms with Crippen molar-refractivity contribution in [2.24, 2.45) is 0 Å². The summed E-state index contributed by atoms with van der Waals surface area (Å²) in [6, 6.07) is 3.04. The van der Waals surface area contributed by atoms with Crippen LogP contribution in [0.5, 0.6) is 0 Å². The Hall–Kier alpha value is -1.49. The van der Waals surface area contributed by atoms with Gasteiger partial charge in [0, 0.05) is 24.7 Å². The molecule has 1 aliphatic rings. The molecule has 2 aromatic rings. The maximum Gasteiger partial charge on any atom is 0.161 e. The summed E-state index contributed by atoms with van der Waals surface area (Å²) >= 11 is 0. The first kappa shape index (κ1) is 13.5. The summed E-state index contributed by atoms with van der Waals surface area (Å²) in [6.07, 6.45) is 7.82. The van der Waals surface area contributed by atoms with E-state index in [2.05, 4.69) is 10.3 Å². The van der Waals surface area contributed by atoms with Gasteiger partial charge in [-0.15, -0.1) is 0 Å². The topological polar surface area (TPSA) is 29.9 Å². The number of rotatable bonds is 5. The van der Waals surface area contributed by atoms with E-state index in [1.807, 2.05) is 4.57 Å². The highest BCUT2D eigenvalue weighted by molar-refractivity contribution is 5.75. The van der Waals surface area contributed by atoms with Crippen molar-refractivity contribution in [1.82, 2.24) is 14.9 Å². The molecule has 3 rings (SSSR count). The molecule has 5 heteroatoms. The van der Waals surface area contributed by atoms with Crippen LogP contribution in [0.3, 0.4) is 0 Å². The van der Waals surface area contributed by atoms with E-state index in [1.165, 1.54) is 31.7 Å². The first-order valence-corrected chi connectivity index (χ1v) is 7.27. The van der Waals surface area contributed by atoms with Crippen LogP contribution in [0, 0.1) is 11.6 Å². The van der Waals surface area contributed by atoms with E-state index in [-0.39, 0.29) is 0 Å². The fourth-order valence-corrected chi connectivity index (χ4v) is 2.92. The number of nitrogens with zero attached hydrogens (tertiary/aromatic N) is 2. The highest BCUT2D eigenvalue weighted by atomic mass is 19.2. The predicted molar refractivity (Wildman–Crippen MR) is 74.5 cm³/mol. The van der Waals surface area contributed by atoms with E-state index >= 15 is 0 Å². The molecule has 0 unspecified atom stereocenters. The van der Waals surface area contributed by atoms with Crippen LogP contribution < -0.4 is 5.32 Å². The molecule has 1 heterocycles. The van der Waals surface area contributed by atoms with Crippen molar-refractivity contribution >= 4 is 11.0 Å². The molecule has 0 saturated heterocycles. The van der Waals surface area contributed by atoms with E-state index in [9.17, 15) is 8.78 Å². The van der Waals surface area contributed by atoms with Crippen LogP contribution >= 0.6 is 0 Å². The van der Waals surface area contributed by atoms with Crippen molar-refractivity contribution in [3.05, 3.63) is 30.1 Å². The summed E-state index contributed by atoms with van der Waals surface area (Å²) in [6.45, 7) is 1.72. The first-order chi connectivity index (χ1) is 9.74. The van der Waals surface area contributed by atoms with Crippen LogP contribution in [-0.2, 0) is 6.54 Å². The van der Waals surface area contributed by atoms with E-state index in [0.717, 1.165) is 25.6 Å². The quantitative estimate of drug-likeness (QED) is 0.852. The van der Waals surface area contributed by atoms with Gasteiger partial charge in [0.15, 0.2) is 11.6 Å². The lowest BCUT2D eigenvalue weighted by atomic mass is 10.2. The molecule has 20 heavy (non-hydrogen) atoms. The first-order valence-electron chi connectivity index (χ1n) is 7.27. The summed E-state index contributed by atoms with van der Waals surface area (Å²) in [4.78, 5) is 4.11. The normalized spacial score (nSPS) is 16.3. The third-order valence-corrected chi connectivity index (χ3v) is 4.03. The fraction of sp³-hybridized carbons (Fsp3) is 0.533. The Morgan fingerprint density at radius 2 is 1.95 bits per heavy atom. The lowest BCUT2D eigenvalue weighted by Gasteiger charge is -2.11. The SMILES string of the molecule is Fc1cc2ncn(CCCNC3CCCC3)c2cc1F. The zero-order valence-electron chi connectivity index (χ0n) is 11.4. The van der Waals surface area contributed by atoms with Crippen LogP contribution in [0.4, 0.5) is 8.78 Å². The Morgan fingerprint density at radius 3 is 2.75 bits per heavy atom. The maximum absolute atomic E-state index is 13.3. The lowest BCUT2D eigenvalue weighted by molar-refractivity contribution is 0.496. The molecular formula is C15H19F2N3. The Labute approximate surface area is 117 Å². The molecule has 0 amide bonds. The minimum atomic E-state index is -0.842. The van der Waals surface area contributed by atoms with Crippen LogP contribution in [0.25, 0.3) is 11.0 Å². The van der Waals surface area contributed by atoms with E-state index in [0.29, 0.717) is 17.1 Å². The van der Waals surface area contributed by atoms with Gasteiger partial charge in [0.05, 0.1) is 17.4 Å². The summed E-state index contributed by atoms with van der Waals surface area (Å²) < 4.78 is 28.3. The number of hydrogen-bond donors (Lipinski definition) is 1. The highest BCUT2D eigenvalue weighted by Gasteiger charge is 2.13. The molecule has 1 aromatic heterocycles. The molecule has 0 spiro atoms. The van der Waals surface area contributed by atoms with Crippen molar-refractivity contribution in [2.75, 3.05) is 6.54 Å². The Balaban J connectivity index is 1.58. The number of hydrogen-bond acceptors (Lipinski definition) is 2. The van der Waals surface area contributed by atoms with Crippen molar-refractivity contribution in [3.8, 4) is 0 Å². The molecule has 1 N–H and O–H groups in total. The van der Waals surface area contributed by atoms with E-state index in [1.54, 1.807) is 6.33 Å². The van der Waals surface area contributed by atoms with Gasteiger partial charge in [-0.3, -0.25) is 0 Å². The predicted octanol–water partition coefficient (Wildman–Crippen LogP) is 3.24. The molecule has 0 bridgehead atoms. The molecule has 1 saturated carbocycles. The van der Waals surface area contributed by atoms with Gasteiger partial charge in [-0.05, 0) is 25.8 Å². The summed E-state index contributed by atoms with van der Waals surface area (Å²) in [7, 11) is 0. The van der Waals surface area contributed by atoms with Crippen molar-refractivity contribution in [2.45, 2.75) is 44.7 Å². The van der Waals surface area contributed by atoms with Crippen LogP contribution in [0.2, 0.25) is 0 Å². The second-order valence-electron chi connectivity index (χ2n) is 5.48. The molecule has 108 valence electrons. The van der Waals surface area contributed by atoms with Crippen molar-refractivity contribution < 1.29 is 8.78 Å². The third-order valence-electron chi connectivity index (χ3n) is 4.03. The standard InChI is InChI=1S/C15H19F2N3/c16-12-8-14-15(9-13(12)17)20(10-19-14)7-3-6-18-11-4-1-2-5-11/h8-11,18H,1-7H2. The lowest BCUT2D eigenvalue weighted by Crippen LogP contribution is -2.27. The fourth-order valence-electron chi connectivity index (χ4n) is 2.92. The largest absolute Gasteiger partial charge is 0.330 e. The maximum atomic E-state index is 13.3. The van der Waals surface area contributed by atoms with Gasteiger partial charge >= 0.3 is 0 Å². The average molecular weight is 279 g/mol. The molecule has 3 nitrogen and oxygen atoms in total. The number of benzene rings is 1.